The Hall–Kier alpha value is -0.160. The Labute approximate surface area is 112 Å². The van der Waals surface area contributed by atoms with E-state index in [4.69, 9.17) is 0 Å². The van der Waals surface area contributed by atoms with Crippen molar-refractivity contribution >= 4 is 0 Å². The number of piperazine rings is 1. The highest BCUT2D eigenvalue weighted by Crippen LogP contribution is 2.15. The number of nitrogens with zero attached hydrogens (tertiary/aromatic N) is 3. The van der Waals surface area contributed by atoms with E-state index in [1.165, 1.54) is 45.6 Å². The molecule has 2 rings (SSSR count). The van der Waals surface area contributed by atoms with Crippen LogP contribution in [0.25, 0.3) is 0 Å². The maximum absolute atomic E-state index is 3.50. The minimum absolute atomic E-state index is 0.729. The Morgan fingerprint density at radius 3 is 2.78 bits per heavy atom. The summed E-state index contributed by atoms with van der Waals surface area (Å²) < 4.78 is 0. The minimum Gasteiger partial charge on any atom is -0.314 e. The predicted octanol–water partition coefficient (Wildman–Crippen LogP) is 0.164. The molecular weight excluding hydrogens is 224 g/mol. The third kappa shape index (κ3) is 4.19. The van der Waals surface area contributed by atoms with Crippen molar-refractivity contribution in [3.63, 3.8) is 0 Å². The second-order valence-electron chi connectivity index (χ2n) is 6.31. The van der Waals surface area contributed by atoms with Crippen LogP contribution in [-0.2, 0) is 0 Å². The fourth-order valence-corrected chi connectivity index (χ4v) is 3.26. The first-order chi connectivity index (χ1) is 8.65. The molecule has 106 valence electrons. The van der Waals surface area contributed by atoms with Crippen molar-refractivity contribution in [3.8, 4) is 0 Å². The normalized spacial score (nSPS) is 31.3. The van der Waals surface area contributed by atoms with Crippen LogP contribution >= 0.6 is 0 Å². The van der Waals surface area contributed by atoms with Gasteiger partial charge in [-0.05, 0) is 53.0 Å². The summed E-state index contributed by atoms with van der Waals surface area (Å²) in [6, 6.07) is 0.729. The third-order valence-electron chi connectivity index (χ3n) is 4.55. The first-order valence-corrected chi connectivity index (χ1v) is 7.43. The minimum atomic E-state index is 0.729. The van der Waals surface area contributed by atoms with Crippen LogP contribution in [0.5, 0.6) is 0 Å². The Morgan fingerprint density at radius 2 is 2.11 bits per heavy atom. The van der Waals surface area contributed by atoms with E-state index < -0.39 is 0 Å². The molecule has 0 aromatic heterocycles. The molecule has 2 saturated heterocycles. The molecule has 0 aromatic rings. The topological polar surface area (TPSA) is 21.8 Å². The van der Waals surface area contributed by atoms with Crippen molar-refractivity contribution < 1.29 is 0 Å². The second-order valence-corrected chi connectivity index (χ2v) is 6.31. The maximum Gasteiger partial charge on any atom is 0.0230 e. The maximum atomic E-state index is 3.50. The van der Waals surface area contributed by atoms with Gasteiger partial charge in [0.25, 0.3) is 0 Å². The molecule has 2 heterocycles. The van der Waals surface area contributed by atoms with Gasteiger partial charge in [0, 0.05) is 38.8 Å². The highest BCUT2D eigenvalue weighted by atomic mass is 15.2. The van der Waals surface area contributed by atoms with Crippen LogP contribution in [0.1, 0.15) is 12.8 Å². The van der Waals surface area contributed by atoms with E-state index in [0.717, 1.165) is 25.0 Å². The highest BCUT2D eigenvalue weighted by Gasteiger charge is 2.22. The van der Waals surface area contributed by atoms with Crippen LogP contribution in [0.15, 0.2) is 0 Å². The molecule has 0 bridgehead atoms. The monoisotopic (exact) mass is 254 g/mol. The van der Waals surface area contributed by atoms with Crippen molar-refractivity contribution in [1.82, 2.24) is 20.0 Å². The SMILES string of the molecule is CN1CCC(CN(C)CCC2CNCCN2C)C1. The van der Waals surface area contributed by atoms with Gasteiger partial charge in [0.05, 0.1) is 0 Å². The lowest BCUT2D eigenvalue weighted by molar-refractivity contribution is 0.168. The van der Waals surface area contributed by atoms with E-state index in [1.54, 1.807) is 0 Å². The fraction of sp³-hybridized carbons (Fsp3) is 1.00. The van der Waals surface area contributed by atoms with Gasteiger partial charge in [-0.2, -0.15) is 0 Å². The number of likely N-dealkylation sites (N-methyl/N-ethyl adjacent to an activating group) is 1. The zero-order valence-corrected chi connectivity index (χ0v) is 12.4. The largest absolute Gasteiger partial charge is 0.314 e. The van der Waals surface area contributed by atoms with E-state index in [1.807, 2.05) is 0 Å². The van der Waals surface area contributed by atoms with Gasteiger partial charge in [0.1, 0.15) is 0 Å². The van der Waals surface area contributed by atoms with Gasteiger partial charge in [-0.1, -0.05) is 0 Å². The van der Waals surface area contributed by atoms with Crippen LogP contribution in [-0.4, -0.2) is 87.7 Å². The molecule has 1 N–H and O–H groups in total. The average molecular weight is 254 g/mol. The van der Waals surface area contributed by atoms with Gasteiger partial charge < -0.3 is 20.0 Å². The van der Waals surface area contributed by atoms with Gasteiger partial charge in [-0.3, -0.25) is 0 Å². The first kappa shape index (κ1) is 14.3. The van der Waals surface area contributed by atoms with Crippen LogP contribution in [0.3, 0.4) is 0 Å². The Balaban J connectivity index is 1.63. The van der Waals surface area contributed by atoms with E-state index >= 15 is 0 Å². The number of hydrogen-bond donors (Lipinski definition) is 1. The lowest BCUT2D eigenvalue weighted by atomic mass is 10.1. The van der Waals surface area contributed by atoms with E-state index in [-0.39, 0.29) is 0 Å². The third-order valence-corrected chi connectivity index (χ3v) is 4.55. The number of rotatable bonds is 5. The van der Waals surface area contributed by atoms with Crippen molar-refractivity contribution in [2.24, 2.45) is 5.92 Å². The van der Waals surface area contributed by atoms with Crippen molar-refractivity contribution in [2.75, 3.05) is 67.0 Å². The fourth-order valence-electron chi connectivity index (χ4n) is 3.26. The summed E-state index contributed by atoms with van der Waals surface area (Å²) in [6.45, 7) is 8.59. The van der Waals surface area contributed by atoms with Gasteiger partial charge in [-0.25, -0.2) is 0 Å². The molecule has 2 atom stereocenters. The molecule has 2 unspecified atom stereocenters. The highest BCUT2D eigenvalue weighted by molar-refractivity contribution is 4.79. The Kier molecular flexibility index (Phi) is 5.42. The molecular formula is C14H30N4. The van der Waals surface area contributed by atoms with E-state index in [2.05, 4.69) is 41.2 Å². The van der Waals surface area contributed by atoms with Crippen molar-refractivity contribution in [1.29, 1.82) is 0 Å². The van der Waals surface area contributed by atoms with Gasteiger partial charge >= 0.3 is 0 Å². The standard InChI is InChI=1S/C14H30N4/c1-16-7-4-13(11-16)12-17(2)8-5-14-10-15-6-9-18(14)3/h13-15H,4-12H2,1-3H3. The van der Waals surface area contributed by atoms with Crippen LogP contribution in [0.2, 0.25) is 0 Å². The Morgan fingerprint density at radius 1 is 1.28 bits per heavy atom. The molecule has 0 amide bonds. The lowest BCUT2D eigenvalue weighted by Crippen LogP contribution is -2.50. The van der Waals surface area contributed by atoms with Gasteiger partial charge in [-0.15, -0.1) is 0 Å². The lowest BCUT2D eigenvalue weighted by Gasteiger charge is -2.34. The molecule has 0 saturated carbocycles. The average Bonchev–Trinajstić information content (AvgIpc) is 2.74. The van der Waals surface area contributed by atoms with Gasteiger partial charge in [0.2, 0.25) is 0 Å². The molecule has 0 spiro atoms. The quantitative estimate of drug-likeness (QED) is 0.755. The van der Waals surface area contributed by atoms with Crippen LogP contribution in [0.4, 0.5) is 0 Å². The summed E-state index contributed by atoms with van der Waals surface area (Å²) in [5.41, 5.74) is 0. The zero-order valence-electron chi connectivity index (χ0n) is 12.4. The summed E-state index contributed by atoms with van der Waals surface area (Å²) in [5, 5.41) is 3.50. The summed E-state index contributed by atoms with van der Waals surface area (Å²) in [6.07, 6.45) is 2.67. The molecule has 18 heavy (non-hydrogen) atoms. The van der Waals surface area contributed by atoms with Gasteiger partial charge in [0.15, 0.2) is 0 Å². The molecule has 2 fully saturated rings. The van der Waals surface area contributed by atoms with Crippen LogP contribution in [0, 0.1) is 5.92 Å². The molecule has 0 radical (unpaired) electrons. The molecule has 4 heteroatoms. The number of hydrogen-bond acceptors (Lipinski definition) is 4. The molecule has 4 nitrogen and oxygen atoms in total. The number of likely N-dealkylation sites (tertiary alicyclic amines) is 1. The van der Waals surface area contributed by atoms with E-state index in [0.29, 0.717) is 0 Å². The van der Waals surface area contributed by atoms with E-state index in [9.17, 15) is 0 Å². The summed E-state index contributed by atoms with van der Waals surface area (Å²) in [4.78, 5) is 7.50. The molecule has 0 aromatic carbocycles. The molecule has 2 aliphatic heterocycles. The number of nitrogens with one attached hydrogen (secondary N) is 1. The summed E-state index contributed by atoms with van der Waals surface area (Å²) in [7, 11) is 6.79. The first-order valence-electron chi connectivity index (χ1n) is 7.43. The zero-order chi connectivity index (χ0) is 13.0. The second kappa shape index (κ2) is 6.85. The van der Waals surface area contributed by atoms with Crippen molar-refractivity contribution in [3.05, 3.63) is 0 Å². The summed E-state index contributed by atoms with van der Waals surface area (Å²) in [5.74, 6) is 0.891. The van der Waals surface area contributed by atoms with Crippen LogP contribution < -0.4 is 5.32 Å². The smallest absolute Gasteiger partial charge is 0.0230 e. The Bertz CT molecular complexity index is 246. The molecule has 2 aliphatic rings. The summed E-state index contributed by atoms with van der Waals surface area (Å²) >= 11 is 0. The predicted molar refractivity (Wildman–Crippen MR) is 77.0 cm³/mol. The van der Waals surface area contributed by atoms with Crippen molar-refractivity contribution in [2.45, 2.75) is 18.9 Å². The molecule has 0 aliphatic carbocycles.